The Kier molecular flexibility index (Phi) is 6.77. The second-order valence-corrected chi connectivity index (χ2v) is 6.52. The summed E-state index contributed by atoms with van der Waals surface area (Å²) in [5, 5.41) is 6.19. The van der Waals surface area contributed by atoms with Crippen molar-refractivity contribution >= 4 is 5.91 Å². The van der Waals surface area contributed by atoms with Crippen LogP contribution in [0.1, 0.15) is 23.6 Å². The van der Waals surface area contributed by atoms with Crippen LogP contribution >= 0.6 is 0 Å². The van der Waals surface area contributed by atoms with Gasteiger partial charge in [0.2, 0.25) is 5.91 Å². The van der Waals surface area contributed by atoms with Crippen LogP contribution in [0.25, 0.3) is 0 Å². The van der Waals surface area contributed by atoms with Crippen molar-refractivity contribution in [2.45, 2.75) is 38.8 Å². The van der Waals surface area contributed by atoms with Crippen molar-refractivity contribution < 1.29 is 14.3 Å². The first-order valence-corrected chi connectivity index (χ1v) is 9.04. The zero-order valence-corrected chi connectivity index (χ0v) is 15.1. The number of hydrogen-bond donors (Lipinski definition) is 2. The van der Waals surface area contributed by atoms with Crippen molar-refractivity contribution in [2.24, 2.45) is 0 Å². The standard InChI is InChI=1S/C21H26N2O3/c1-16-20(22-10-11-26-16)21(24)23-13-18-8-5-9-19(12-18)15-25-14-17-6-3-2-4-7-17/h2-9,12,16,20,22H,10-11,13-15H2,1H3,(H,23,24)/t16-,20+/m1/s1. The lowest BCUT2D eigenvalue weighted by molar-refractivity contribution is -0.129. The highest BCUT2D eigenvalue weighted by Crippen LogP contribution is 2.10. The van der Waals surface area contributed by atoms with E-state index in [0.717, 1.165) is 16.7 Å². The van der Waals surface area contributed by atoms with Crippen LogP contribution in [0, 0.1) is 0 Å². The summed E-state index contributed by atoms with van der Waals surface area (Å²) in [6, 6.07) is 17.9. The van der Waals surface area contributed by atoms with Crippen LogP contribution in [0.3, 0.4) is 0 Å². The third-order valence-corrected chi connectivity index (χ3v) is 4.44. The number of carbonyl (C=O) groups is 1. The number of nitrogens with one attached hydrogen (secondary N) is 2. The molecule has 1 heterocycles. The second-order valence-electron chi connectivity index (χ2n) is 6.52. The van der Waals surface area contributed by atoms with Gasteiger partial charge in [-0.05, 0) is 23.6 Å². The maximum atomic E-state index is 12.3. The molecule has 0 spiro atoms. The molecule has 0 radical (unpaired) electrons. The summed E-state index contributed by atoms with van der Waals surface area (Å²) in [4.78, 5) is 12.3. The lowest BCUT2D eigenvalue weighted by atomic mass is 10.1. The van der Waals surface area contributed by atoms with E-state index in [1.54, 1.807) is 0 Å². The van der Waals surface area contributed by atoms with Gasteiger partial charge in [-0.1, -0.05) is 54.6 Å². The molecule has 0 aliphatic carbocycles. The summed E-state index contributed by atoms with van der Waals surface area (Å²) in [5.74, 6) is -0.0251. The second kappa shape index (κ2) is 9.48. The molecule has 1 aliphatic rings. The fourth-order valence-corrected chi connectivity index (χ4v) is 3.02. The molecular weight excluding hydrogens is 328 g/mol. The Morgan fingerprint density at radius 2 is 1.85 bits per heavy atom. The molecule has 5 nitrogen and oxygen atoms in total. The molecule has 0 unspecified atom stereocenters. The topological polar surface area (TPSA) is 59.6 Å². The summed E-state index contributed by atoms with van der Waals surface area (Å²) in [6.45, 7) is 4.91. The van der Waals surface area contributed by atoms with Gasteiger partial charge in [-0.25, -0.2) is 0 Å². The zero-order chi connectivity index (χ0) is 18.2. The van der Waals surface area contributed by atoms with Gasteiger partial charge in [0.1, 0.15) is 6.04 Å². The molecular formula is C21H26N2O3. The normalized spacial score (nSPS) is 19.9. The molecule has 26 heavy (non-hydrogen) atoms. The first kappa shape index (κ1) is 18.6. The first-order chi connectivity index (χ1) is 12.7. The monoisotopic (exact) mass is 354 g/mol. The number of ether oxygens (including phenoxy) is 2. The molecule has 5 heteroatoms. The molecule has 138 valence electrons. The summed E-state index contributed by atoms with van der Waals surface area (Å²) in [7, 11) is 0. The predicted octanol–water partition coefficient (Wildman–Crippen LogP) is 2.40. The molecule has 1 fully saturated rings. The van der Waals surface area contributed by atoms with Crippen LogP contribution in [0.4, 0.5) is 0 Å². The third-order valence-electron chi connectivity index (χ3n) is 4.44. The van der Waals surface area contributed by atoms with E-state index in [0.29, 0.717) is 32.9 Å². The minimum absolute atomic E-state index is 0.0251. The lowest BCUT2D eigenvalue weighted by Gasteiger charge is -2.29. The number of morpholine rings is 1. The maximum Gasteiger partial charge on any atom is 0.240 e. The van der Waals surface area contributed by atoms with E-state index >= 15 is 0 Å². The van der Waals surface area contributed by atoms with Crippen LogP contribution in [0.2, 0.25) is 0 Å². The minimum atomic E-state index is -0.291. The third kappa shape index (κ3) is 5.39. The Bertz CT molecular complexity index is 705. The number of amides is 1. The highest BCUT2D eigenvalue weighted by atomic mass is 16.5. The van der Waals surface area contributed by atoms with Gasteiger partial charge in [-0.2, -0.15) is 0 Å². The molecule has 0 bridgehead atoms. The van der Waals surface area contributed by atoms with Crippen molar-refractivity contribution in [2.75, 3.05) is 13.2 Å². The quantitative estimate of drug-likeness (QED) is 0.802. The van der Waals surface area contributed by atoms with Gasteiger partial charge in [0.05, 0.1) is 25.9 Å². The van der Waals surface area contributed by atoms with Crippen molar-refractivity contribution in [3.8, 4) is 0 Å². The van der Waals surface area contributed by atoms with Gasteiger partial charge in [0, 0.05) is 13.1 Å². The van der Waals surface area contributed by atoms with Crippen LogP contribution in [0.5, 0.6) is 0 Å². The highest BCUT2D eigenvalue weighted by Gasteiger charge is 2.27. The SMILES string of the molecule is C[C@H]1OCCN[C@@H]1C(=O)NCc1cccc(COCc2ccccc2)c1. The number of benzene rings is 2. The van der Waals surface area contributed by atoms with Crippen LogP contribution in [-0.4, -0.2) is 31.2 Å². The van der Waals surface area contributed by atoms with Gasteiger partial charge < -0.3 is 20.1 Å². The molecule has 1 saturated heterocycles. The van der Waals surface area contributed by atoms with Gasteiger partial charge in [0.15, 0.2) is 0 Å². The van der Waals surface area contributed by atoms with Crippen molar-refractivity contribution in [1.82, 2.24) is 10.6 Å². The number of carbonyl (C=O) groups excluding carboxylic acids is 1. The zero-order valence-electron chi connectivity index (χ0n) is 15.1. The summed E-state index contributed by atoms with van der Waals surface area (Å²) < 4.78 is 11.3. The lowest BCUT2D eigenvalue weighted by Crippen LogP contribution is -2.55. The fourth-order valence-electron chi connectivity index (χ4n) is 3.02. The molecule has 1 aliphatic heterocycles. The Balaban J connectivity index is 1.47. The molecule has 2 aromatic rings. The molecule has 0 saturated carbocycles. The Morgan fingerprint density at radius 1 is 1.12 bits per heavy atom. The van der Waals surface area contributed by atoms with Crippen LogP contribution in [-0.2, 0) is 34.0 Å². The average Bonchev–Trinajstić information content (AvgIpc) is 2.68. The minimum Gasteiger partial charge on any atom is -0.375 e. The molecule has 1 amide bonds. The van der Waals surface area contributed by atoms with E-state index in [4.69, 9.17) is 9.47 Å². The van der Waals surface area contributed by atoms with E-state index in [2.05, 4.69) is 28.8 Å². The van der Waals surface area contributed by atoms with Gasteiger partial charge in [-0.15, -0.1) is 0 Å². The Hall–Kier alpha value is -2.21. The molecule has 2 atom stereocenters. The fraction of sp³-hybridized carbons (Fsp3) is 0.381. The van der Waals surface area contributed by atoms with Crippen molar-refractivity contribution in [3.63, 3.8) is 0 Å². The van der Waals surface area contributed by atoms with E-state index in [1.807, 2.05) is 43.3 Å². The van der Waals surface area contributed by atoms with Gasteiger partial charge in [0.25, 0.3) is 0 Å². The van der Waals surface area contributed by atoms with Gasteiger partial charge >= 0.3 is 0 Å². The van der Waals surface area contributed by atoms with E-state index in [-0.39, 0.29) is 18.1 Å². The molecule has 3 rings (SSSR count). The summed E-state index contributed by atoms with van der Waals surface area (Å²) >= 11 is 0. The highest BCUT2D eigenvalue weighted by molar-refractivity contribution is 5.82. The summed E-state index contributed by atoms with van der Waals surface area (Å²) in [5.41, 5.74) is 3.32. The number of rotatable bonds is 7. The smallest absolute Gasteiger partial charge is 0.240 e. The average molecular weight is 354 g/mol. The van der Waals surface area contributed by atoms with Crippen molar-refractivity contribution in [1.29, 1.82) is 0 Å². The molecule has 2 N–H and O–H groups in total. The summed E-state index contributed by atoms with van der Waals surface area (Å²) in [6.07, 6.45) is -0.110. The maximum absolute atomic E-state index is 12.3. The Morgan fingerprint density at radius 3 is 2.65 bits per heavy atom. The van der Waals surface area contributed by atoms with Crippen LogP contribution in [0.15, 0.2) is 54.6 Å². The number of hydrogen-bond acceptors (Lipinski definition) is 4. The van der Waals surface area contributed by atoms with E-state index < -0.39 is 0 Å². The van der Waals surface area contributed by atoms with E-state index in [1.165, 1.54) is 0 Å². The van der Waals surface area contributed by atoms with Crippen molar-refractivity contribution in [3.05, 3.63) is 71.3 Å². The molecule has 2 aromatic carbocycles. The van der Waals surface area contributed by atoms with E-state index in [9.17, 15) is 4.79 Å². The first-order valence-electron chi connectivity index (χ1n) is 9.04. The largest absolute Gasteiger partial charge is 0.375 e. The van der Waals surface area contributed by atoms with Gasteiger partial charge in [-0.3, -0.25) is 4.79 Å². The molecule has 0 aromatic heterocycles. The van der Waals surface area contributed by atoms with Crippen LogP contribution < -0.4 is 10.6 Å². The predicted molar refractivity (Wildman–Crippen MR) is 100 cm³/mol. The Labute approximate surface area is 154 Å².